The fraction of sp³-hybridized carbons (Fsp3) is 0.273. The summed E-state index contributed by atoms with van der Waals surface area (Å²) in [7, 11) is 0.421. The minimum atomic E-state index is -3.90. The highest BCUT2D eigenvalue weighted by Crippen LogP contribution is 1.94. The zero-order valence-corrected chi connectivity index (χ0v) is 10.4. The molecule has 0 fully saturated rings. The molecule has 5 heteroatoms. The first-order valence-corrected chi connectivity index (χ1v) is 6.28. The fourth-order valence-electron chi connectivity index (χ4n) is 1.00. The predicted molar refractivity (Wildman–Crippen MR) is 64.7 cm³/mol. The Labute approximate surface area is 97.0 Å². The Balaban J connectivity index is 0.000000325. The lowest BCUT2D eigenvalue weighted by Gasteiger charge is -2.05. The number of benzene rings is 1. The molecular weight excluding hydrogens is 226 g/mol. The summed E-state index contributed by atoms with van der Waals surface area (Å²) in [6.45, 7) is 3.91. The zero-order valence-electron chi connectivity index (χ0n) is 9.55. The highest BCUT2D eigenvalue weighted by Gasteiger charge is 1.93. The lowest BCUT2D eigenvalue weighted by Crippen LogP contribution is -3.04. The standard InChI is InChI=1S/C9H13N.C2H4O3S/c1-10(2)8-9-6-4-3-5-7-9;1-2-6(3,4)5/h3-7H,8H2,1-2H3;2H,1H2,(H,3,4,5)/p+1. The first kappa shape index (κ1) is 14.8. The van der Waals surface area contributed by atoms with E-state index in [1.165, 1.54) is 10.5 Å². The molecule has 0 unspecified atom stereocenters. The van der Waals surface area contributed by atoms with Crippen molar-refractivity contribution in [2.75, 3.05) is 14.1 Å². The second kappa shape index (κ2) is 7.16. The molecule has 0 atom stereocenters. The first-order valence-electron chi connectivity index (χ1n) is 4.78. The summed E-state index contributed by atoms with van der Waals surface area (Å²) in [5.41, 5.74) is 1.41. The van der Waals surface area contributed by atoms with Crippen molar-refractivity contribution in [1.82, 2.24) is 0 Å². The molecule has 0 amide bonds. The van der Waals surface area contributed by atoms with Crippen LogP contribution in [0.2, 0.25) is 0 Å². The normalized spacial score (nSPS) is 10.5. The molecule has 0 aliphatic heterocycles. The van der Waals surface area contributed by atoms with Gasteiger partial charge < -0.3 is 4.90 Å². The summed E-state index contributed by atoms with van der Waals surface area (Å²) >= 11 is 0. The van der Waals surface area contributed by atoms with Gasteiger partial charge in [0.25, 0.3) is 10.1 Å². The van der Waals surface area contributed by atoms with Crippen LogP contribution in [0.4, 0.5) is 0 Å². The van der Waals surface area contributed by atoms with Crippen LogP contribution in [0.15, 0.2) is 42.3 Å². The lowest BCUT2D eigenvalue weighted by atomic mass is 10.2. The summed E-state index contributed by atoms with van der Waals surface area (Å²) in [4.78, 5) is 1.46. The van der Waals surface area contributed by atoms with Crippen LogP contribution in [0, 0.1) is 0 Å². The van der Waals surface area contributed by atoms with Crippen LogP contribution in [0.25, 0.3) is 0 Å². The number of hydrogen-bond donors (Lipinski definition) is 2. The molecular formula is C11H18NO3S+. The van der Waals surface area contributed by atoms with Crippen molar-refractivity contribution >= 4 is 10.1 Å². The second-order valence-electron chi connectivity index (χ2n) is 3.55. The van der Waals surface area contributed by atoms with E-state index in [0.717, 1.165) is 6.54 Å². The van der Waals surface area contributed by atoms with Gasteiger partial charge in [-0.3, -0.25) is 4.55 Å². The molecule has 0 aromatic heterocycles. The topological polar surface area (TPSA) is 58.8 Å². The van der Waals surface area contributed by atoms with Gasteiger partial charge in [0.1, 0.15) is 6.54 Å². The number of nitrogens with one attached hydrogen (secondary N) is 1. The van der Waals surface area contributed by atoms with Gasteiger partial charge >= 0.3 is 0 Å². The molecule has 0 saturated heterocycles. The van der Waals surface area contributed by atoms with Crippen molar-refractivity contribution in [3.05, 3.63) is 47.9 Å². The van der Waals surface area contributed by atoms with Gasteiger partial charge in [0, 0.05) is 5.56 Å². The SMILES string of the molecule is C=CS(=O)(=O)O.C[NH+](C)Cc1ccccc1. The van der Waals surface area contributed by atoms with E-state index in [1.807, 2.05) is 0 Å². The highest BCUT2D eigenvalue weighted by molar-refractivity contribution is 7.88. The van der Waals surface area contributed by atoms with Gasteiger partial charge in [0.2, 0.25) is 0 Å². The van der Waals surface area contributed by atoms with E-state index in [4.69, 9.17) is 4.55 Å². The van der Waals surface area contributed by atoms with Crippen LogP contribution in [-0.2, 0) is 16.7 Å². The fourth-order valence-corrected chi connectivity index (χ4v) is 1.00. The van der Waals surface area contributed by atoms with Gasteiger partial charge in [-0.25, -0.2) is 0 Å². The summed E-state index contributed by atoms with van der Waals surface area (Å²) < 4.78 is 26.6. The Morgan fingerprint density at radius 2 is 1.75 bits per heavy atom. The highest BCUT2D eigenvalue weighted by atomic mass is 32.2. The molecule has 0 bridgehead atoms. The largest absolute Gasteiger partial charge is 0.336 e. The van der Waals surface area contributed by atoms with E-state index < -0.39 is 10.1 Å². The number of quaternary nitrogens is 1. The molecule has 90 valence electrons. The van der Waals surface area contributed by atoms with Crippen molar-refractivity contribution < 1.29 is 17.9 Å². The Kier molecular flexibility index (Phi) is 6.64. The first-order chi connectivity index (χ1) is 7.35. The minimum Gasteiger partial charge on any atom is -0.336 e. The average Bonchev–Trinajstić information content (AvgIpc) is 2.18. The van der Waals surface area contributed by atoms with Gasteiger partial charge in [0.15, 0.2) is 0 Å². The molecule has 0 radical (unpaired) electrons. The lowest BCUT2D eigenvalue weighted by molar-refractivity contribution is -0.872. The molecule has 1 aromatic rings. The third-order valence-electron chi connectivity index (χ3n) is 1.61. The Morgan fingerprint density at radius 3 is 2.06 bits per heavy atom. The maximum absolute atomic E-state index is 9.44. The Morgan fingerprint density at radius 1 is 1.31 bits per heavy atom. The monoisotopic (exact) mass is 244 g/mol. The maximum atomic E-state index is 9.44. The molecule has 1 rings (SSSR count). The van der Waals surface area contributed by atoms with Crippen LogP contribution < -0.4 is 4.90 Å². The van der Waals surface area contributed by atoms with E-state index in [9.17, 15) is 8.42 Å². The molecule has 4 nitrogen and oxygen atoms in total. The molecule has 0 aliphatic carbocycles. The van der Waals surface area contributed by atoms with Gasteiger partial charge in [-0.1, -0.05) is 36.9 Å². The van der Waals surface area contributed by atoms with E-state index in [2.05, 4.69) is 51.0 Å². The van der Waals surface area contributed by atoms with Gasteiger partial charge in [-0.15, -0.1) is 0 Å². The minimum absolute atomic E-state index is 0.465. The van der Waals surface area contributed by atoms with E-state index in [1.54, 1.807) is 0 Å². The van der Waals surface area contributed by atoms with Crippen molar-refractivity contribution in [2.45, 2.75) is 6.54 Å². The van der Waals surface area contributed by atoms with Crippen LogP contribution in [0.3, 0.4) is 0 Å². The molecule has 0 spiro atoms. The van der Waals surface area contributed by atoms with Crippen molar-refractivity contribution in [3.8, 4) is 0 Å². The summed E-state index contributed by atoms with van der Waals surface area (Å²) in [6.07, 6.45) is 0. The van der Waals surface area contributed by atoms with Gasteiger partial charge in [0.05, 0.1) is 19.5 Å². The summed E-state index contributed by atoms with van der Waals surface area (Å²) in [6, 6.07) is 10.5. The van der Waals surface area contributed by atoms with Crippen LogP contribution >= 0.6 is 0 Å². The van der Waals surface area contributed by atoms with Crippen molar-refractivity contribution in [2.24, 2.45) is 0 Å². The van der Waals surface area contributed by atoms with Crippen LogP contribution in [-0.4, -0.2) is 27.1 Å². The Hall–Kier alpha value is -1.17. The van der Waals surface area contributed by atoms with Crippen LogP contribution in [0.5, 0.6) is 0 Å². The molecule has 16 heavy (non-hydrogen) atoms. The Bertz CT molecular complexity index is 387. The van der Waals surface area contributed by atoms with Crippen molar-refractivity contribution in [1.29, 1.82) is 0 Å². The van der Waals surface area contributed by atoms with Crippen LogP contribution in [0.1, 0.15) is 5.56 Å². The average molecular weight is 244 g/mol. The smallest absolute Gasteiger partial charge is 0.287 e. The van der Waals surface area contributed by atoms with Crippen molar-refractivity contribution in [3.63, 3.8) is 0 Å². The van der Waals surface area contributed by atoms with E-state index >= 15 is 0 Å². The second-order valence-corrected chi connectivity index (χ2v) is 4.91. The summed E-state index contributed by atoms with van der Waals surface area (Å²) in [5.74, 6) is 0. The molecule has 1 aromatic carbocycles. The molecule has 0 heterocycles. The molecule has 0 saturated carbocycles. The quantitative estimate of drug-likeness (QED) is 0.754. The van der Waals surface area contributed by atoms with E-state index in [-0.39, 0.29) is 0 Å². The predicted octanol–water partition coefficient (Wildman–Crippen LogP) is 0.349. The summed E-state index contributed by atoms with van der Waals surface area (Å²) in [5, 5.41) is 0.465. The molecule has 0 aliphatic rings. The third-order valence-corrected chi connectivity index (χ3v) is 2.03. The molecule has 2 N–H and O–H groups in total. The van der Waals surface area contributed by atoms with Gasteiger partial charge in [-0.2, -0.15) is 8.42 Å². The number of rotatable bonds is 3. The van der Waals surface area contributed by atoms with E-state index in [0.29, 0.717) is 5.41 Å². The van der Waals surface area contributed by atoms with Gasteiger partial charge in [-0.05, 0) is 0 Å². The maximum Gasteiger partial charge on any atom is 0.287 e. The number of hydrogen-bond acceptors (Lipinski definition) is 2. The zero-order chi connectivity index (χ0) is 12.6. The third kappa shape index (κ3) is 9.39.